The van der Waals surface area contributed by atoms with Crippen molar-refractivity contribution >= 4 is 5.97 Å². The zero-order valence-corrected chi connectivity index (χ0v) is 15.0. The highest BCUT2D eigenvalue weighted by Crippen LogP contribution is 2.16. The fourth-order valence-electron chi connectivity index (χ4n) is 2.64. The lowest BCUT2D eigenvalue weighted by atomic mass is 9.94. The molecule has 0 amide bonds. The zero-order chi connectivity index (χ0) is 16.3. The molecule has 4 nitrogen and oxygen atoms in total. The van der Waals surface area contributed by atoms with Crippen LogP contribution < -0.4 is 5.32 Å². The Labute approximate surface area is 131 Å². The van der Waals surface area contributed by atoms with Crippen molar-refractivity contribution in [3.8, 4) is 0 Å². The summed E-state index contributed by atoms with van der Waals surface area (Å²) in [7, 11) is 1.46. The van der Waals surface area contributed by atoms with E-state index in [-0.39, 0.29) is 5.97 Å². The lowest BCUT2D eigenvalue weighted by molar-refractivity contribution is -0.148. The molecule has 0 heterocycles. The van der Waals surface area contributed by atoms with E-state index in [1.807, 2.05) is 13.8 Å². The van der Waals surface area contributed by atoms with E-state index in [1.165, 1.54) is 20.1 Å². The second kappa shape index (κ2) is 11.0. The first kappa shape index (κ1) is 20.4. The van der Waals surface area contributed by atoms with Crippen LogP contribution in [0.15, 0.2) is 0 Å². The third kappa shape index (κ3) is 7.82. The Bertz CT molecular complexity index is 284. The van der Waals surface area contributed by atoms with E-state index in [1.54, 1.807) is 0 Å². The largest absolute Gasteiger partial charge is 0.468 e. The van der Waals surface area contributed by atoms with Gasteiger partial charge in [-0.05, 0) is 51.7 Å². The van der Waals surface area contributed by atoms with Crippen molar-refractivity contribution in [1.29, 1.82) is 0 Å². The highest BCUT2D eigenvalue weighted by molar-refractivity contribution is 5.80. The standard InChI is InChI=1S/C17H36N2O2/c1-7-15(4)14-19(9-3)13-11-10-12-17(5,18-8-2)16(20)21-6/h15,18H,7-14H2,1-6H3. The minimum absolute atomic E-state index is 0.156. The molecule has 0 spiro atoms. The average molecular weight is 300 g/mol. The van der Waals surface area contributed by atoms with Crippen LogP contribution in [0, 0.1) is 5.92 Å². The summed E-state index contributed by atoms with van der Waals surface area (Å²) in [6, 6.07) is 0. The Morgan fingerprint density at radius 3 is 2.43 bits per heavy atom. The molecular weight excluding hydrogens is 264 g/mol. The van der Waals surface area contributed by atoms with E-state index in [0.717, 1.165) is 44.8 Å². The van der Waals surface area contributed by atoms with Crippen LogP contribution in [-0.2, 0) is 9.53 Å². The molecule has 1 N–H and O–H groups in total. The molecule has 0 bridgehead atoms. The molecule has 0 saturated carbocycles. The van der Waals surface area contributed by atoms with Gasteiger partial charge in [0.1, 0.15) is 5.54 Å². The average Bonchev–Trinajstić information content (AvgIpc) is 2.49. The smallest absolute Gasteiger partial charge is 0.325 e. The van der Waals surface area contributed by atoms with E-state index in [4.69, 9.17) is 4.74 Å². The van der Waals surface area contributed by atoms with E-state index < -0.39 is 5.54 Å². The third-order valence-electron chi connectivity index (χ3n) is 4.32. The Morgan fingerprint density at radius 1 is 1.29 bits per heavy atom. The van der Waals surface area contributed by atoms with Gasteiger partial charge in [0.2, 0.25) is 0 Å². The van der Waals surface area contributed by atoms with E-state index in [2.05, 4.69) is 31.0 Å². The molecule has 21 heavy (non-hydrogen) atoms. The summed E-state index contributed by atoms with van der Waals surface area (Å²) in [4.78, 5) is 14.4. The first-order valence-electron chi connectivity index (χ1n) is 8.49. The lowest BCUT2D eigenvalue weighted by Gasteiger charge is -2.28. The summed E-state index contributed by atoms with van der Waals surface area (Å²) in [6.07, 6.45) is 4.23. The summed E-state index contributed by atoms with van der Waals surface area (Å²) >= 11 is 0. The monoisotopic (exact) mass is 300 g/mol. The molecule has 0 radical (unpaired) electrons. The molecule has 2 unspecified atom stereocenters. The number of hydrogen-bond acceptors (Lipinski definition) is 4. The van der Waals surface area contributed by atoms with Crippen LogP contribution in [-0.4, -0.2) is 49.7 Å². The zero-order valence-electron chi connectivity index (χ0n) is 15.0. The minimum atomic E-state index is -0.544. The molecule has 0 aromatic carbocycles. The van der Waals surface area contributed by atoms with Crippen LogP contribution in [0.1, 0.15) is 60.3 Å². The number of unbranched alkanes of at least 4 members (excludes halogenated alkanes) is 1. The quantitative estimate of drug-likeness (QED) is 0.444. The van der Waals surface area contributed by atoms with Crippen LogP contribution in [0.4, 0.5) is 0 Å². The molecule has 0 aliphatic heterocycles. The third-order valence-corrected chi connectivity index (χ3v) is 4.32. The molecular formula is C17H36N2O2. The van der Waals surface area contributed by atoms with Gasteiger partial charge in [0.15, 0.2) is 0 Å². The van der Waals surface area contributed by atoms with Crippen LogP contribution >= 0.6 is 0 Å². The van der Waals surface area contributed by atoms with Crippen LogP contribution in [0.3, 0.4) is 0 Å². The number of carbonyl (C=O) groups excluding carboxylic acids is 1. The van der Waals surface area contributed by atoms with E-state index >= 15 is 0 Å². The summed E-state index contributed by atoms with van der Waals surface area (Å²) in [5.41, 5.74) is -0.544. The number of likely N-dealkylation sites (N-methyl/N-ethyl adjacent to an activating group) is 1. The maximum Gasteiger partial charge on any atom is 0.325 e. The topological polar surface area (TPSA) is 41.6 Å². The van der Waals surface area contributed by atoms with Crippen molar-refractivity contribution in [2.45, 2.75) is 65.8 Å². The van der Waals surface area contributed by atoms with Crippen molar-refractivity contribution in [1.82, 2.24) is 10.2 Å². The Morgan fingerprint density at radius 2 is 1.95 bits per heavy atom. The molecule has 4 heteroatoms. The van der Waals surface area contributed by atoms with E-state index in [9.17, 15) is 4.79 Å². The number of hydrogen-bond donors (Lipinski definition) is 1. The second-order valence-corrected chi connectivity index (χ2v) is 6.22. The number of rotatable bonds is 12. The van der Waals surface area contributed by atoms with Crippen LogP contribution in [0.25, 0.3) is 0 Å². The first-order valence-corrected chi connectivity index (χ1v) is 8.49. The van der Waals surface area contributed by atoms with Crippen molar-refractivity contribution < 1.29 is 9.53 Å². The SMILES string of the molecule is CCNC(C)(CCCCN(CC)CC(C)CC)C(=O)OC. The van der Waals surface area contributed by atoms with Gasteiger partial charge in [0, 0.05) is 6.54 Å². The molecule has 0 rings (SSSR count). The van der Waals surface area contributed by atoms with Crippen molar-refractivity contribution in [2.75, 3.05) is 33.3 Å². The number of esters is 1. The van der Waals surface area contributed by atoms with Crippen molar-refractivity contribution in [3.05, 3.63) is 0 Å². The summed E-state index contributed by atoms with van der Waals surface area (Å²) in [5, 5.41) is 3.27. The highest BCUT2D eigenvalue weighted by atomic mass is 16.5. The van der Waals surface area contributed by atoms with Crippen LogP contribution in [0.2, 0.25) is 0 Å². The number of ether oxygens (including phenoxy) is 1. The number of nitrogens with one attached hydrogen (secondary N) is 1. The Balaban J connectivity index is 4.17. The highest BCUT2D eigenvalue weighted by Gasteiger charge is 2.32. The van der Waals surface area contributed by atoms with Gasteiger partial charge in [-0.3, -0.25) is 4.79 Å². The first-order chi connectivity index (χ1) is 9.93. The molecule has 0 fully saturated rings. The molecule has 0 aromatic heterocycles. The molecule has 0 saturated heterocycles. The molecule has 0 aliphatic rings. The van der Waals surface area contributed by atoms with Crippen molar-refractivity contribution in [3.63, 3.8) is 0 Å². The van der Waals surface area contributed by atoms with Gasteiger partial charge in [-0.2, -0.15) is 0 Å². The maximum atomic E-state index is 11.9. The fraction of sp³-hybridized carbons (Fsp3) is 0.941. The predicted octanol–water partition coefficient (Wildman–Crippen LogP) is 3.07. The Hall–Kier alpha value is -0.610. The second-order valence-electron chi connectivity index (χ2n) is 6.22. The van der Waals surface area contributed by atoms with Gasteiger partial charge in [0.05, 0.1) is 7.11 Å². The van der Waals surface area contributed by atoms with Gasteiger partial charge < -0.3 is 15.0 Å². The Kier molecular flexibility index (Phi) is 10.7. The molecule has 126 valence electrons. The predicted molar refractivity (Wildman–Crippen MR) is 89.5 cm³/mol. The molecule has 2 atom stereocenters. The normalized spacial score (nSPS) is 15.8. The van der Waals surface area contributed by atoms with E-state index in [0.29, 0.717) is 0 Å². The number of carbonyl (C=O) groups is 1. The molecule has 0 aliphatic carbocycles. The van der Waals surface area contributed by atoms with Gasteiger partial charge in [-0.1, -0.05) is 34.1 Å². The van der Waals surface area contributed by atoms with Gasteiger partial charge >= 0.3 is 5.97 Å². The maximum absolute atomic E-state index is 11.9. The minimum Gasteiger partial charge on any atom is -0.468 e. The van der Waals surface area contributed by atoms with Gasteiger partial charge in [-0.15, -0.1) is 0 Å². The summed E-state index contributed by atoms with van der Waals surface area (Å²) in [5.74, 6) is 0.600. The molecule has 0 aromatic rings. The van der Waals surface area contributed by atoms with Gasteiger partial charge in [0.25, 0.3) is 0 Å². The van der Waals surface area contributed by atoms with Crippen molar-refractivity contribution in [2.24, 2.45) is 5.92 Å². The van der Waals surface area contributed by atoms with Crippen LogP contribution in [0.5, 0.6) is 0 Å². The lowest BCUT2D eigenvalue weighted by Crippen LogP contribution is -2.50. The van der Waals surface area contributed by atoms with Gasteiger partial charge in [-0.25, -0.2) is 0 Å². The summed E-state index contributed by atoms with van der Waals surface area (Å²) < 4.78 is 4.92. The number of nitrogens with zero attached hydrogens (tertiary/aromatic N) is 1. The summed E-state index contributed by atoms with van der Waals surface area (Å²) in [6.45, 7) is 14.9. The fourth-order valence-corrected chi connectivity index (χ4v) is 2.64. The number of methoxy groups -OCH3 is 1.